The van der Waals surface area contributed by atoms with Crippen molar-refractivity contribution in [2.24, 2.45) is 0 Å². The molecular formula is C14H20Cl2N2O3. The predicted molar refractivity (Wildman–Crippen MR) is 85.5 cm³/mol. The fourth-order valence-corrected chi connectivity index (χ4v) is 2.30. The Bertz CT molecular complexity index is 497. The summed E-state index contributed by atoms with van der Waals surface area (Å²) in [7, 11) is 0. The number of halogens is 2. The van der Waals surface area contributed by atoms with Crippen molar-refractivity contribution in [2.45, 2.75) is 38.5 Å². The summed E-state index contributed by atoms with van der Waals surface area (Å²) in [6.45, 7) is 4.28. The molecule has 1 fully saturated rings. The van der Waals surface area contributed by atoms with Crippen molar-refractivity contribution in [3.05, 3.63) is 23.2 Å². The van der Waals surface area contributed by atoms with Crippen LogP contribution in [0.1, 0.15) is 20.3 Å². The maximum Gasteiger partial charge on any atom is 0.241 e. The van der Waals surface area contributed by atoms with Crippen LogP contribution in [0.25, 0.3) is 0 Å². The zero-order chi connectivity index (χ0) is 14.7. The van der Waals surface area contributed by atoms with E-state index in [1.807, 2.05) is 13.8 Å². The SMILES string of the molecule is CC(C)Oc1ccc(NC(=O)C2CC(O)CN2)cc1Cl.Cl. The number of β-amino-alcohol motifs (C(OH)–C–C–N with tert-alkyl or cyclic N) is 1. The van der Waals surface area contributed by atoms with Crippen molar-refractivity contribution in [1.29, 1.82) is 0 Å². The average molecular weight is 335 g/mol. The minimum absolute atomic E-state index is 0. The third-order valence-corrected chi connectivity index (χ3v) is 3.28. The molecule has 1 heterocycles. The molecule has 1 aromatic carbocycles. The zero-order valence-corrected chi connectivity index (χ0v) is 13.5. The highest BCUT2D eigenvalue weighted by atomic mass is 35.5. The molecule has 0 spiro atoms. The van der Waals surface area contributed by atoms with Crippen LogP contribution in [-0.2, 0) is 4.79 Å². The Hall–Kier alpha value is -1.01. The molecule has 1 aromatic rings. The molecule has 1 aliphatic heterocycles. The van der Waals surface area contributed by atoms with Gasteiger partial charge < -0.3 is 20.5 Å². The largest absolute Gasteiger partial charge is 0.489 e. The van der Waals surface area contributed by atoms with Crippen LogP contribution in [-0.4, -0.2) is 35.8 Å². The Morgan fingerprint density at radius 2 is 2.24 bits per heavy atom. The first-order valence-electron chi connectivity index (χ1n) is 6.64. The summed E-state index contributed by atoms with van der Waals surface area (Å²) in [4.78, 5) is 12.0. The lowest BCUT2D eigenvalue weighted by molar-refractivity contribution is -0.117. The molecule has 0 aliphatic carbocycles. The van der Waals surface area contributed by atoms with Crippen LogP contribution in [0.15, 0.2) is 18.2 Å². The van der Waals surface area contributed by atoms with Gasteiger partial charge in [0, 0.05) is 12.2 Å². The van der Waals surface area contributed by atoms with Gasteiger partial charge >= 0.3 is 0 Å². The maximum atomic E-state index is 12.0. The summed E-state index contributed by atoms with van der Waals surface area (Å²) in [6.07, 6.45) is 0.00182. The topological polar surface area (TPSA) is 70.6 Å². The van der Waals surface area contributed by atoms with E-state index in [4.69, 9.17) is 16.3 Å². The van der Waals surface area contributed by atoms with Crippen LogP contribution in [0.3, 0.4) is 0 Å². The fraction of sp³-hybridized carbons (Fsp3) is 0.500. The molecule has 0 bridgehead atoms. The van der Waals surface area contributed by atoms with Gasteiger partial charge in [0.25, 0.3) is 0 Å². The molecule has 3 N–H and O–H groups in total. The van der Waals surface area contributed by atoms with Crippen molar-refractivity contribution in [1.82, 2.24) is 5.32 Å². The van der Waals surface area contributed by atoms with Gasteiger partial charge in [-0.2, -0.15) is 0 Å². The van der Waals surface area contributed by atoms with Crippen molar-refractivity contribution in [3.63, 3.8) is 0 Å². The van der Waals surface area contributed by atoms with E-state index >= 15 is 0 Å². The highest BCUT2D eigenvalue weighted by molar-refractivity contribution is 6.32. The average Bonchev–Trinajstić information content (AvgIpc) is 2.79. The Kier molecular flexibility index (Phi) is 6.74. The summed E-state index contributed by atoms with van der Waals surface area (Å²) < 4.78 is 5.53. The molecule has 1 amide bonds. The first-order valence-corrected chi connectivity index (χ1v) is 7.02. The number of hydrogen-bond acceptors (Lipinski definition) is 4. The van der Waals surface area contributed by atoms with Crippen LogP contribution in [0, 0.1) is 0 Å². The summed E-state index contributed by atoms with van der Waals surface area (Å²) in [6, 6.07) is 4.76. The lowest BCUT2D eigenvalue weighted by Gasteiger charge is -2.14. The van der Waals surface area contributed by atoms with Crippen LogP contribution in [0.2, 0.25) is 5.02 Å². The van der Waals surface area contributed by atoms with Crippen molar-refractivity contribution >= 4 is 35.6 Å². The van der Waals surface area contributed by atoms with Crippen LogP contribution < -0.4 is 15.4 Å². The van der Waals surface area contributed by atoms with Crippen molar-refractivity contribution in [3.8, 4) is 5.75 Å². The smallest absolute Gasteiger partial charge is 0.241 e. The fourth-order valence-electron chi connectivity index (χ4n) is 2.07. The monoisotopic (exact) mass is 334 g/mol. The van der Waals surface area contributed by atoms with Crippen LogP contribution in [0.4, 0.5) is 5.69 Å². The summed E-state index contributed by atoms with van der Waals surface area (Å²) >= 11 is 6.11. The Balaban J connectivity index is 0.00000220. The third-order valence-electron chi connectivity index (χ3n) is 2.99. The number of amides is 1. The molecule has 0 radical (unpaired) electrons. The Morgan fingerprint density at radius 1 is 1.52 bits per heavy atom. The van der Waals surface area contributed by atoms with E-state index in [9.17, 15) is 9.90 Å². The molecule has 2 rings (SSSR count). The van der Waals surface area contributed by atoms with Gasteiger partial charge in [-0.15, -0.1) is 12.4 Å². The van der Waals surface area contributed by atoms with Gasteiger partial charge in [-0.1, -0.05) is 11.6 Å². The van der Waals surface area contributed by atoms with Crippen molar-refractivity contribution < 1.29 is 14.6 Å². The van der Waals surface area contributed by atoms with E-state index in [1.165, 1.54) is 0 Å². The third kappa shape index (κ3) is 5.04. The Morgan fingerprint density at radius 3 is 2.76 bits per heavy atom. The number of aliphatic hydroxyl groups is 1. The van der Waals surface area contributed by atoms with E-state index in [0.29, 0.717) is 29.4 Å². The molecule has 0 saturated carbocycles. The van der Waals surface area contributed by atoms with Gasteiger partial charge in [0.1, 0.15) is 5.75 Å². The van der Waals surface area contributed by atoms with E-state index in [2.05, 4.69) is 10.6 Å². The number of carbonyl (C=O) groups is 1. The summed E-state index contributed by atoms with van der Waals surface area (Å²) in [5, 5.41) is 15.6. The molecule has 21 heavy (non-hydrogen) atoms. The number of nitrogens with one attached hydrogen (secondary N) is 2. The highest BCUT2D eigenvalue weighted by Crippen LogP contribution is 2.28. The lowest BCUT2D eigenvalue weighted by Crippen LogP contribution is -2.35. The minimum atomic E-state index is -0.462. The van der Waals surface area contributed by atoms with Gasteiger partial charge in [0.2, 0.25) is 5.91 Å². The van der Waals surface area contributed by atoms with E-state index in [0.717, 1.165) is 0 Å². The second kappa shape index (κ2) is 7.84. The summed E-state index contributed by atoms with van der Waals surface area (Å²) in [5.41, 5.74) is 0.610. The summed E-state index contributed by atoms with van der Waals surface area (Å²) in [5.74, 6) is 0.421. The Labute approximate surface area is 135 Å². The van der Waals surface area contributed by atoms with Gasteiger partial charge in [-0.25, -0.2) is 0 Å². The van der Waals surface area contributed by atoms with Gasteiger partial charge in [-0.3, -0.25) is 4.79 Å². The van der Waals surface area contributed by atoms with Gasteiger partial charge in [0.05, 0.1) is 23.3 Å². The normalized spacial score (nSPS) is 21.0. The molecule has 1 saturated heterocycles. The second-order valence-electron chi connectivity index (χ2n) is 5.15. The lowest BCUT2D eigenvalue weighted by atomic mass is 10.2. The zero-order valence-electron chi connectivity index (χ0n) is 11.9. The molecule has 0 aromatic heterocycles. The maximum absolute atomic E-state index is 12.0. The van der Waals surface area contributed by atoms with Gasteiger partial charge in [0.15, 0.2) is 0 Å². The standard InChI is InChI=1S/C14H19ClN2O3.ClH/c1-8(2)20-13-4-3-9(5-11(13)15)17-14(19)12-6-10(18)7-16-12;/h3-5,8,10,12,16,18H,6-7H2,1-2H3,(H,17,19);1H. The first kappa shape index (κ1) is 18.0. The molecule has 7 heteroatoms. The molecule has 2 unspecified atom stereocenters. The minimum Gasteiger partial charge on any atom is -0.489 e. The number of benzene rings is 1. The highest BCUT2D eigenvalue weighted by Gasteiger charge is 2.28. The molecular weight excluding hydrogens is 315 g/mol. The predicted octanol–water partition coefficient (Wildman–Crippen LogP) is 2.21. The molecule has 118 valence electrons. The number of ether oxygens (including phenoxy) is 1. The van der Waals surface area contributed by atoms with E-state index in [1.54, 1.807) is 18.2 Å². The molecule has 2 atom stereocenters. The van der Waals surface area contributed by atoms with E-state index < -0.39 is 6.10 Å². The van der Waals surface area contributed by atoms with Crippen molar-refractivity contribution in [2.75, 3.05) is 11.9 Å². The molecule has 1 aliphatic rings. The van der Waals surface area contributed by atoms with Crippen LogP contribution in [0.5, 0.6) is 5.75 Å². The van der Waals surface area contributed by atoms with Gasteiger partial charge in [-0.05, 0) is 38.5 Å². The second-order valence-corrected chi connectivity index (χ2v) is 5.56. The quantitative estimate of drug-likeness (QED) is 0.789. The number of aliphatic hydroxyl groups excluding tert-OH is 1. The first-order chi connectivity index (χ1) is 9.45. The number of hydrogen-bond donors (Lipinski definition) is 3. The number of carbonyl (C=O) groups excluding carboxylic acids is 1. The van der Waals surface area contributed by atoms with Crippen LogP contribution >= 0.6 is 24.0 Å². The van der Waals surface area contributed by atoms with E-state index in [-0.39, 0.29) is 30.5 Å². The number of anilines is 1. The molecule has 5 nitrogen and oxygen atoms in total. The number of rotatable bonds is 4.